The van der Waals surface area contributed by atoms with Crippen molar-refractivity contribution in [2.24, 2.45) is 5.41 Å². The third-order valence-electron chi connectivity index (χ3n) is 3.15. The lowest BCUT2D eigenvalue weighted by Gasteiger charge is -2.21. The number of hydrogen-bond acceptors (Lipinski definition) is 2. The van der Waals surface area contributed by atoms with E-state index in [0.29, 0.717) is 6.42 Å². The second-order valence-corrected chi connectivity index (χ2v) is 4.69. The first-order chi connectivity index (χ1) is 7.13. The van der Waals surface area contributed by atoms with E-state index in [2.05, 4.69) is 31.2 Å². The third-order valence-corrected chi connectivity index (χ3v) is 3.15. The van der Waals surface area contributed by atoms with Gasteiger partial charge in [-0.15, -0.1) is 0 Å². The molecule has 0 bridgehead atoms. The number of ether oxygens (including phenoxy) is 1. The Morgan fingerprint density at radius 3 is 2.33 bits per heavy atom. The smallest absolute Gasteiger partial charge is 0.306 e. The van der Waals surface area contributed by atoms with Crippen LogP contribution in [0.4, 0.5) is 0 Å². The second-order valence-electron chi connectivity index (χ2n) is 4.69. The first-order valence-corrected chi connectivity index (χ1v) is 5.27. The molecule has 0 radical (unpaired) electrons. The Labute approximate surface area is 90.3 Å². The maximum atomic E-state index is 11.3. The molecule has 0 spiro atoms. The molecular formula is C13H16O2. The zero-order valence-corrected chi connectivity index (χ0v) is 9.25. The van der Waals surface area contributed by atoms with Crippen molar-refractivity contribution in [3.8, 4) is 0 Å². The highest BCUT2D eigenvalue weighted by molar-refractivity contribution is 5.70. The van der Waals surface area contributed by atoms with E-state index in [4.69, 9.17) is 4.74 Å². The Bertz CT molecular complexity index is 357. The van der Waals surface area contributed by atoms with Crippen LogP contribution in [0.15, 0.2) is 24.3 Å². The van der Waals surface area contributed by atoms with Gasteiger partial charge in [-0.25, -0.2) is 0 Å². The van der Waals surface area contributed by atoms with Gasteiger partial charge in [0.2, 0.25) is 0 Å². The highest BCUT2D eigenvalue weighted by Gasteiger charge is 2.34. The fourth-order valence-corrected chi connectivity index (χ4v) is 2.43. The van der Waals surface area contributed by atoms with Crippen LogP contribution in [-0.4, -0.2) is 13.1 Å². The molecule has 0 N–H and O–H groups in total. The molecule has 1 aromatic carbocycles. The number of hydrogen-bond donors (Lipinski definition) is 0. The monoisotopic (exact) mass is 204 g/mol. The maximum Gasteiger partial charge on any atom is 0.306 e. The maximum absolute atomic E-state index is 11.3. The third kappa shape index (κ3) is 2.04. The van der Waals surface area contributed by atoms with Gasteiger partial charge >= 0.3 is 5.97 Å². The van der Waals surface area contributed by atoms with E-state index in [1.54, 1.807) is 0 Å². The van der Waals surface area contributed by atoms with Gasteiger partial charge in [0.1, 0.15) is 0 Å². The summed E-state index contributed by atoms with van der Waals surface area (Å²) >= 11 is 0. The van der Waals surface area contributed by atoms with E-state index in [1.807, 2.05) is 0 Å². The minimum Gasteiger partial charge on any atom is -0.469 e. The van der Waals surface area contributed by atoms with Crippen molar-refractivity contribution in [1.29, 1.82) is 0 Å². The van der Waals surface area contributed by atoms with Gasteiger partial charge in [-0.05, 0) is 29.4 Å². The average molecular weight is 204 g/mol. The largest absolute Gasteiger partial charge is 0.469 e. The molecule has 0 unspecified atom stereocenters. The van der Waals surface area contributed by atoms with Gasteiger partial charge in [0.15, 0.2) is 0 Å². The number of esters is 1. The molecule has 1 aliphatic rings. The summed E-state index contributed by atoms with van der Waals surface area (Å²) in [6.45, 7) is 2.16. The molecule has 0 fully saturated rings. The fourth-order valence-electron chi connectivity index (χ4n) is 2.43. The lowest BCUT2D eigenvalue weighted by Crippen LogP contribution is -2.22. The van der Waals surface area contributed by atoms with Crippen LogP contribution in [0.2, 0.25) is 0 Å². The molecule has 0 aromatic heterocycles. The molecule has 1 aromatic rings. The number of carbonyl (C=O) groups is 1. The Balaban J connectivity index is 2.14. The number of benzene rings is 1. The molecule has 80 valence electrons. The van der Waals surface area contributed by atoms with Crippen molar-refractivity contribution < 1.29 is 9.53 Å². The van der Waals surface area contributed by atoms with Gasteiger partial charge in [0, 0.05) is 0 Å². The van der Waals surface area contributed by atoms with E-state index < -0.39 is 0 Å². The van der Waals surface area contributed by atoms with Crippen LogP contribution in [-0.2, 0) is 22.4 Å². The van der Waals surface area contributed by atoms with Gasteiger partial charge in [0.05, 0.1) is 13.5 Å². The van der Waals surface area contributed by atoms with Crippen LogP contribution in [0.25, 0.3) is 0 Å². The number of carbonyl (C=O) groups excluding carboxylic acids is 1. The molecule has 0 heterocycles. The Morgan fingerprint density at radius 2 is 1.87 bits per heavy atom. The van der Waals surface area contributed by atoms with Crippen molar-refractivity contribution in [3.05, 3.63) is 35.4 Å². The summed E-state index contributed by atoms with van der Waals surface area (Å²) < 4.78 is 4.74. The molecular weight excluding hydrogens is 188 g/mol. The van der Waals surface area contributed by atoms with Gasteiger partial charge in [-0.1, -0.05) is 31.2 Å². The topological polar surface area (TPSA) is 26.3 Å². The first kappa shape index (κ1) is 10.2. The summed E-state index contributed by atoms with van der Waals surface area (Å²) in [5.41, 5.74) is 2.81. The zero-order valence-electron chi connectivity index (χ0n) is 9.25. The van der Waals surface area contributed by atoms with Gasteiger partial charge in [-0.3, -0.25) is 4.79 Å². The van der Waals surface area contributed by atoms with Crippen LogP contribution < -0.4 is 0 Å². The highest BCUT2D eigenvalue weighted by Crippen LogP contribution is 2.39. The number of fused-ring (bicyclic) bond motifs is 1. The normalized spacial score (nSPS) is 17.2. The predicted octanol–water partition coefficient (Wildman–Crippen LogP) is 2.35. The van der Waals surface area contributed by atoms with Gasteiger partial charge < -0.3 is 4.74 Å². The molecule has 1 aliphatic carbocycles. The highest BCUT2D eigenvalue weighted by atomic mass is 16.5. The van der Waals surface area contributed by atoms with Crippen molar-refractivity contribution in [1.82, 2.24) is 0 Å². The lowest BCUT2D eigenvalue weighted by atomic mass is 9.84. The second kappa shape index (κ2) is 3.69. The standard InChI is InChI=1S/C13H16O2/c1-13(9-12(14)15-2)7-10-5-3-4-6-11(10)8-13/h3-6H,7-9H2,1-2H3. The minimum atomic E-state index is -0.106. The van der Waals surface area contributed by atoms with E-state index in [1.165, 1.54) is 18.2 Å². The predicted molar refractivity (Wildman–Crippen MR) is 58.6 cm³/mol. The number of methoxy groups -OCH3 is 1. The summed E-state index contributed by atoms with van der Waals surface area (Å²) in [6.07, 6.45) is 2.48. The SMILES string of the molecule is COC(=O)CC1(C)Cc2ccccc2C1. The molecule has 0 saturated heterocycles. The molecule has 0 atom stereocenters. The van der Waals surface area contributed by atoms with Crippen LogP contribution >= 0.6 is 0 Å². The first-order valence-electron chi connectivity index (χ1n) is 5.27. The Hall–Kier alpha value is -1.31. The molecule has 0 aliphatic heterocycles. The van der Waals surface area contributed by atoms with Crippen LogP contribution in [0, 0.1) is 5.41 Å². The minimum absolute atomic E-state index is 0.0524. The zero-order chi connectivity index (χ0) is 10.9. The van der Waals surface area contributed by atoms with Crippen molar-refractivity contribution in [2.75, 3.05) is 7.11 Å². The van der Waals surface area contributed by atoms with Gasteiger partial charge in [-0.2, -0.15) is 0 Å². The van der Waals surface area contributed by atoms with Crippen molar-refractivity contribution >= 4 is 5.97 Å². The van der Waals surface area contributed by atoms with Crippen molar-refractivity contribution in [3.63, 3.8) is 0 Å². The van der Waals surface area contributed by atoms with E-state index in [0.717, 1.165) is 12.8 Å². The lowest BCUT2D eigenvalue weighted by molar-refractivity contribution is -0.143. The van der Waals surface area contributed by atoms with Crippen LogP contribution in [0.3, 0.4) is 0 Å². The summed E-state index contributed by atoms with van der Waals surface area (Å²) in [5.74, 6) is -0.106. The summed E-state index contributed by atoms with van der Waals surface area (Å²) in [7, 11) is 1.45. The summed E-state index contributed by atoms with van der Waals surface area (Å²) in [6, 6.07) is 8.42. The van der Waals surface area contributed by atoms with Crippen LogP contribution in [0.1, 0.15) is 24.5 Å². The molecule has 2 nitrogen and oxygen atoms in total. The Kier molecular flexibility index (Phi) is 2.51. The van der Waals surface area contributed by atoms with E-state index in [9.17, 15) is 4.79 Å². The summed E-state index contributed by atoms with van der Waals surface area (Å²) in [5, 5.41) is 0. The van der Waals surface area contributed by atoms with E-state index in [-0.39, 0.29) is 11.4 Å². The molecule has 15 heavy (non-hydrogen) atoms. The summed E-state index contributed by atoms with van der Waals surface area (Å²) in [4.78, 5) is 11.3. The molecule has 2 rings (SSSR count). The fraction of sp³-hybridized carbons (Fsp3) is 0.462. The Morgan fingerprint density at radius 1 is 1.33 bits per heavy atom. The molecule has 0 saturated carbocycles. The quantitative estimate of drug-likeness (QED) is 0.691. The average Bonchev–Trinajstić information content (AvgIpc) is 2.53. The number of rotatable bonds is 2. The van der Waals surface area contributed by atoms with Gasteiger partial charge in [0.25, 0.3) is 0 Å². The van der Waals surface area contributed by atoms with Crippen molar-refractivity contribution in [2.45, 2.75) is 26.2 Å². The van der Waals surface area contributed by atoms with Crippen LogP contribution in [0.5, 0.6) is 0 Å². The van der Waals surface area contributed by atoms with E-state index >= 15 is 0 Å². The molecule has 0 amide bonds. The molecule has 2 heteroatoms.